The number of benzene rings is 1. The molecule has 0 bridgehead atoms. The largest absolute Gasteiger partial charge is 0.508 e. The van der Waals surface area contributed by atoms with Crippen molar-refractivity contribution in [3.63, 3.8) is 0 Å². The molecule has 0 saturated heterocycles. The lowest BCUT2D eigenvalue weighted by Crippen LogP contribution is -2.02. The maximum Gasteiger partial charge on any atom is 0.151 e. The summed E-state index contributed by atoms with van der Waals surface area (Å²) in [5.41, 5.74) is 4.50. The van der Waals surface area contributed by atoms with Gasteiger partial charge in [0, 0.05) is 6.07 Å². The number of hydrazone groups is 1. The molecule has 0 aliphatic carbocycles. The van der Waals surface area contributed by atoms with Gasteiger partial charge in [-0.1, -0.05) is 11.6 Å². The second-order valence-corrected chi connectivity index (χ2v) is 4.37. The molecule has 6 heteroatoms. The lowest BCUT2D eigenvalue weighted by Gasteiger charge is -2.04. The summed E-state index contributed by atoms with van der Waals surface area (Å²) in [7, 11) is 0. The Labute approximate surface area is 116 Å². The molecule has 0 aliphatic heterocycles. The van der Waals surface area contributed by atoms with E-state index in [1.807, 2.05) is 6.92 Å². The lowest BCUT2D eigenvalue weighted by atomic mass is 10.1. The van der Waals surface area contributed by atoms with Crippen LogP contribution in [0.15, 0.2) is 35.4 Å². The molecule has 0 aliphatic rings. The van der Waals surface area contributed by atoms with Crippen LogP contribution in [0.5, 0.6) is 5.75 Å². The maximum absolute atomic E-state index is 9.22. The fourth-order valence-electron chi connectivity index (χ4n) is 1.50. The topological polar surface area (TPSA) is 70.4 Å². The van der Waals surface area contributed by atoms with E-state index in [2.05, 4.69) is 20.5 Å². The van der Waals surface area contributed by atoms with E-state index >= 15 is 0 Å². The van der Waals surface area contributed by atoms with Gasteiger partial charge in [-0.15, -0.1) is 0 Å². The van der Waals surface area contributed by atoms with E-state index in [0.717, 1.165) is 11.3 Å². The molecule has 1 heterocycles. The first-order valence-electron chi connectivity index (χ1n) is 5.65. The Bertz CT molecular complexity index is 590. The number of hydrogen-bond donors (Lipinski definition) is 2. The third kappa shape index (κ3) is 3.66. The Morgan fingerprint density at radius 1 is 1.26 bits per heavy atom. The van der Waals surface area contributed by atoms with E-state index in [4.69, 9.17) is 11.6 Å². The SMILES string of the molecule is C/C(=N\Nc1cc(Cl)nc(C)n1)c1ccc(O)cc1. The molecular weight excluding hydrogens is 264 g/mol. The summed E-state index contributed by atoms with van der Waals surface area (Å²) in [5.74, 6) is 1.34. The normalized spacial score (nSPS) is 11.4. The molecule has 2 N–H and O–H groups in total. The van der Waals surface area contributed by atoms with Crippen molar-refractivity contribution in [3.8, 4) is 5.75 Å². The number of aromatic nitrogens is 2. The molecule has 0 radical (unpaired) electrons. The predicted molar refractivity (Wildman–Crippen MR) is 75.7 cm³/mol. The van der Waals surface area contributed by atoms with Crippen molar-refractivity contribution in [1.82, 2.24) is 9.97 Å². The fraction of sp³-hybridized carbons (Fsp3) is 0.154. The number of nitrogens with zero attached hydrogens (tertiary/aromatic N) is 3. The molecule has 98 valence electrons. The zero-order chi connectivity index (χ0) is 13.8. The molecule has 0 unspecified atom stereocenters. The molecule has 19 heavy (non-hydrogen) atoms. The van der Waals surface area contributed by atoms with Crippen molar-refractivity contribution < 1.29 is 5.11 Å². The van der Waals surface area contributed by atoms with Crippen LogP contribution < -0.4 is 5.43 Å². The molecule has 5 nitrogen and oxygen atoms in total. The van der Waals surface area contributed by atoms with Gasteiger partial charge in [-0.05, 0) is 43.7 Å². The van der Waals surface area contributed by atoms with Gasteiger partial charge in [-0.25, -0.2) is 9.97 Å². The van der Waals surface area contributed by atoms with E-state index in [0.29, 0.717) is 16.8 Å². The smallest absolute Gasteiger partial charge is 0.151 e. The minimum absolute atomic E-state index is 0.225. The number of aryl methyl sites for hydroxylation is 1. The Morgan fingerprint density at radius 2 is 1.95 bits per heavy atom. The number of phenolic OH excluding ortho intramolecular Hbond substituents is 1. The van der Waals surface area contributed by atoms with Crippen molar-refractivity contribution >= 4 is 23.1 Å². The third-order valence-corrected chi connectivity index (χ3v) is 2.62. The van der Waals surface area contributed by atoms with Gasteiger partial charge in [0.15, 0.2) is 5.82 Å². The molecule has 2 aromatic rings. The average molecular weight is 277 g/mol. The molecule has 1 aromatic heterocycles. The number of nitrogens with one attached hydrogen (secondary N) is 1. The van der Waals surface area contributed by atoms with Crippen molar-refractivity contribution in [2.75, 3.05) is 5.43 Å². The van der Waals surface area contributed by atoms with Crippen LogP contribution in [0, 0.1) is 6.92 Å². The van der Waals surface area contributed by atoms with E-state index in [-0.39, 0.29) is 5.75 Å². The number of halogens is 1. The molecule has 0 spiro atoms. The molecular formula is C13H13ClN4O. The number of phenols is 1. The lowest BCUT2D eigenvalue weighted by molar-refractivity contribution is 0.475. The van der Waals surface area contributed by atoms with Crippen molar-refractivity contribution in [3.05, 3.63) is 46.9 Å². The van der Waals surface area contributed by atoms with E-state index in [9.17, 15) is 5.11 Å². The number of rotatable bonds is 3. The van der Waals surface area contributed by atoms with Gasteiger partial charge in [0.05, 0.1) is 5.71 Å². The van der Waals surface area contributed by atoms with Gasteiger partial charge < -0.3 is 5.11 Å². The first-order valence-corrected chi connectivity index (χ1v) is 6.03. The van der Waals surface area contributed by atoms with Crippen LogP contribution in [-0.2, 0) is 0 Å². The highest BCUT2D eigenvalue weighted by atomic mass is 35.5. The van der Waals surface area contributed by atoms with Crippen molar-refractivity contribution in [1.29, 1.82) is 0 Å². The minimum Gasteiger partial charge on any atom is -0.508 e. The van der Waals surface area contributed by atoms with E-state index < -0.39 is 0 Å². The van der Waals surface area contributed by atoms with Crippen LogP contribution in [0.1, 0.15) is 18.3 Å². The monoisotopic (exact) mass is 276 g/mol. The number of aromatic hydroxyl groups is 1. The summed E-state index contributed by atoms with van der Waals surface area (Å²) in [4.78, 5) is 8.13. The highest BCUT2D eigenvalue weighted by Crippen LogP contribution is 2.13. The Balaban J connectivity index is 2.15. The van der Waals surface area contributed by atoms with E-state index in [1.54, 1.807) is 37.3 Å². The van der Waals surface area contributed by atoms with Crippen LogP contribution in [0.2, 0.25) is 5.15 Å². The van der Waals surface area contributed by atoms with E-state index in [1.165, 1.54) is 0 Å². The van der Waals surface area contributed by atoms with Crippen LogP contribution in [0.25, 0.3) is 0 Å². The summed E-state index contributed by atoms with van der Waals surface area (Å²) in [6, 6.07) is 8.39. The molecule has 0 fully saturated rings. The second-order valence-electron chi connectivity index (χ2n) is 3.98. The predicted octanol–water partition coefficient (Wildman–Crippen LogP) is 2.98. The van der Waals surface area contributed by atoms with Gasteiger partial charge >= 0.3 is 0 Å². The number of anilines is 1. The minimum atomic E-state index is 0.225. The average Bonchev–Trinajstić information content (AvgIpc) is 2.36. The summed E-state index contributed by atoms with van der Waals surface area (Å²) in [6.07, 6.45) is 0. The summed E-state index contributed by atoms with van der Waals surface area (Å²) < 4.78 is 0. The van der Waals surface area contributed by atoms with Crippen molar-refractivity contribution in [2.24, 2.45) is 5.10 Å². The first kappa shape index (κ1) is 13.3. The van der Waals surface area contributed by atoms with Crippen molar-refractivity contribution in [2.45, 2.75) is 13.8 Å². The van der Waals surface area contributed by atoms with Crippen LogP contribution in [-0.4, -0.2) is 20.8 Å². The molecule has 1 aromatic carbocycles. The number of hydrogen-bond acceptors (Lipinski definition) is 5. The quantitative estimate of drug-likeness (QED) is 0.514. The van der Waals surface area contributed by atoms with Gasteiger partial charge in [0.1, 0.15) is 16.7 Å². The highest BCUT2D eigenvalue weighted by molar-refractivity contribution is 6.29. The zero-order valence-electron chi connectivity index (χ0n) is 10.6. The van der Waals surface area contributed by atoms with Gasteiger partial charge in [0.2, 0.25) is 0 Å². The molecule has 0 saturated carbocycles. The zero-order valence-corrected chi connectivity index (χ0v) is 11.3. The molecule has 0 atom stereocenters. The Morgan fingerprint density at radius 3 is 2.58 bits per heavy atom. The second kappa shape index (κ2) is 5.67. The first-order chi connectivity index (χ1) is 9.04. The highest BCUT2D eigenvalue weighted by Gasteiger charge is 2.00. The van der Waals surface area contributed by atoms with Gasteiger partial charge in [-0.2, -0.15) is 5.10 Å². The third-order valence-electron chi connectivity index (χ3n) is 2.43. The van der Waals surface area contributed by atoms with Gasteiger partial charge in [0.25, 0.3) is 0 Å². The maximum atomic E-state index is 9.22. The Hall–Kier alpha value is -2.14. The summed E-state index contributed by atoms with van der Waals surface area (Å²) >= 11 is 5.83. The Kier molecular flexibility index (Phi) is 3.97. The van der Waals surface area contributed by atoms with Crippen LogP contribution >= 0.6 is 11.6 Å². The standard InChI is InChI=1S/C13H13ClN4O/c1-8(10-3-5-11(19)6-4-10)17-18-13-7-12(14)15-9(2)16-13/h3-7,19H,1-2H3,(H,15,16,18)/b17-8+. The summed E-state index contributed by atoms with van der Waals surface area (Å²) in [6.45, 7) is 3.61. The fourth-order valence-corrected chi connectivity index (χ4v) is 1.72. The van der Waals surface area contributed by atoms with Gasteiger partial charge in [-0.3, -0.25) is 5.43 Å². The summed E-state index contributed by atoms with van der Waals surface area (Å²) in [5, 5.41) is 13.8. The molecule has 2 rings (SSSR count). The van der Waals surface area contributed by atoms with Crippen LogP contribution in [0.4, 0.5) is 5.82 Å². The molecule has 0 amide bonds. The van der Waals surface area contributed by atoms with Crippen LogP contribution in [0.3, 0.4) is 0 Å².